The molecule has 11 heteroatoms. The van der Waals surface area contributed by atoms with Crippen molar-refractivity contribution in [2.75, 3.05) is 24.5 Å². The van der Waals surface area contributed by atoms with E-state index in [1.54, 1.807) is 36.4 Å². The largest absolute Gasteiger partial charge is 0.497 e. The number of benzene rings is 3. The fraction of sp³-hybridized carbons (Fsp3) is 0.333. The molecule has 1 atom stereocenters. The quantitative estimate of drug-likeness (QED) is 0.262. The SMILES string of the molecule is CC[C@@H](C(=O)NCC(C)C)N(Cc1ccc(Cl)cc1)C(=O)CN(c1ccc(Cl)cc1)S(=O)(=O)c1ccc(OC)cc1. The second-order valence-corrected chi connectivity index (χ2v) is 12.6. The fourth-order valence-electron chi connectivity index (χ4n) is 4.14. The van der Waals surface area contributed by atoms with Crippen LogP contribution < -0.4 is 14.4 Å². The summed E-state index contributed by atoms with van der Waals surface area (Å²) < 4.78 is 34.0. The molecule has 41 heavy (non-hydrogen) atoms. The van der Waals surface area contributed by atoms with Gasteiger partial charge in [0.1, 0.15) is 18.3 Å². The van der Waals surface area contributed by atoms with Crippen LogP contribution in [0.2, 0.25) is 10.0 Å². The van der Waals surface area contributed by atoms with E-state index in [4.69, 9.17) is 27.9 Å². The summed E-state index contributed by atoms with van der Waals surface area (Å²) in [6.45, 7) is 5.75. The number of hydrogen-bond donors (Lipinski definition) is 1. The van der Waals surface area contributed by atoms with Crippen molar-refractivity contribution in [3.8, 4) is 5.75 Å². The number of halogens is 2. The summed E-state index contributed by atoms with van der Waals surface area (Å²) >= 11 is 12.1. The zero-order valence-corrected chi connectivity index (χ0v) is 25.8. The number of carbonyl (C=O) groups is 2. The van der Waals surface area contributed by atoms with E-state index >= 15 is 0 Å². The molecule has 0 fully saturated rings. The van der Waals surface area contributed by atoms with Gasteiger partial charge in [0.2, 0.25) is 11.8 Å². The second-order valence-electron chi connectivity index (χ2n) is 9.87. The van der Waals surface area contributed by atoms with Crippen molar-refractivity contribution < 1.29 is 22.7 Å². The van der Waals surface area contributed by atoms with E-state index in [-0.39, 0.29) is 29.0 Å². The molecule has 2 amide bonds. The summed E-state index contributed by atoms with van der Waals surface area (Å²) in [6.07, 6.45) is 0.329. The third kappa shape index (κ3) is 8.61. The van der Waals surface area contributed by atoms with Crippen LogP contribution in [0.4, 0.5) is 5.69 Å². The van der Waals surface area contributed by atoms with Gasteiger partial charge in [0, 0.05) is 23.1 Å². The number of ether oxygens (including phenoxy) is 1. The van der Waals surface area contributed by atoms with Gasteiger partial charge in [-0.3, -0.25) is 13.9 Å². The van der Waals surface area contributed by atoms with Gasteiger partial charge in [0.15, 0.2) is 0 Å². The van der Waals surface area contributed by atoms with E-state index < -0.39 is 28.5 Å². The monoisotopic (exact) mass is 619 g/mol. The maximum atomic E-state index is 14.1. The lowest BCUT2D eigenvalue weighted by Gasteiger charge is -2.33. The van der Waals surface area contributed by atoms with Crippen molar-refractivity contribution in [3.05, 3.63) is 88.4 Å². The molecular weight excluding hydrogens is 585 g/mol. The molecule has 3 aromatic carbocycles. The highest BCUT2D eigenvalue weighted by molar-refractivity contribution is 7.92. The van der Waals surface area contributed by atoms with Crippen LogP contribution in [-0.2, 0) is 26.2 Å². The smallest absolute Gasteiger partial charge is 0.264 e. The van der Waals surface area contributed by atoms with E-state index in [0.717, 1.165) is 9.87 Å². The Balaban J connectivity index is 2.03. The summed E-state index contributed by atoms with van der Waals surface area (Å²) in [5.41, 5.74) is 0.997. The minimum Gasteiger partial charge on any atom is -0.497 e. The number of carbonyl (C=O) groups excluding carboxylic acids is 2. The van der Waals surface area contributed by atoms with Crippen LogP contribution in [0.5, 0.6) is 5.75 Å². The molecule has 1 N–H and O–H groups in total. The molecule has 3 aromatic rings. The van der Waals surface area contributed by atoms with E-state index in [2.05, 4.69) is 5.32 Å². The van der Waals surface area contributed by atoms with Gasteiger partial charge in [-0.05, 0) is 78.6 Å². The van der Waals surface area contributed by atoms with Crippen LogP contribution in [0.15, 0.2) is 77.7 Å². The lowest BCUT2D eigenvalue weighted by atomic mass is 10.1. The predicted octanol–water partition coefficient (Wildman–Crippen LogP) is 5.78. The zero-order valence-electron chi connectivity index (χ0n) is 23.5. The summed E-state index contributed by atoms with van der Waals surface area (Å²) in [4.78, 5) is 28.7. The Bertz CT molecular complexity index is 1410. The normalized spacial score (nSPS) is 12.1. The van der Waals surface area contributed by atoms with Crippen molar-refractivity contribution in [3.63, 3.8) is 0 Å². The van der Waals surface area contributed by atoms with Crippen LogP contribution in [0, 0.1) is 5.92 Å². The molecule has 0 spiro atoms. The molecule has 0 aliphatic rings. The topological polar surface area (TPSA) is 96.0 Å². The van der Waals surface area contributed by atoms with Crippen LogP contribution >= 0.6 is 23.2 Å². The Morgan fingerprint density at radius 3 is 1.98 bits per heavy atom. The van der Waals surface area contributed by atoms with Gasteiger partial charge in [-0.2, -0.15) is 0 Å². The molecule has 8 nitrogen and oxygen atoms in total. The van der Waals surface area contributed by atoms with Crippen molar-refractivity contribution >= 4 is 50.7 Å². The van der Waals surface area contributed by atoms with E-state index in [1.165, 1.54) is 48.4 Å². The molecule has 0 aliphatic heterocycles. The molecule has 0 bridgehead atoms. The first-order chi connectivity index (χ1) is 19.5. The molecule has 0 aliphatic carbocycles. The number of amides is 2. The van der Waals surface area contributed by atoms with Gasteiger partial charge in [0.05, 0.1) is 17.7 Å². The lowest BCUT2D eigenvalue weighted by molar-refractivity contribution is -0.140. The van der Waals surface area contributed by atoms with Gasteiger partial charge < -0.3 is 15.0 Å². The first-order valence-corrected chi connectivity index (χ1v) is 15.4. The van der Waals surface area contributed by atoms with Gasteiger partial charge in [-0.25, -0.2) is 8.42 Å². The van der Waals surface area contributed by atoms with E-state index in [0.29, 0.717) is 28.8 Å². The molecule has 0 saturated heterocycles. The third-order valence-electron chi connectivity index (χ3n) is 6.38. The van der Waals surface area contributed by atoms with Crippen molar-refractivity contribution in [1.82, 2.24) is 10.2 Å². The van der Waals surface area contributed by atoms with Crippen molar-refractivity contribution in [1.29, 1.82) is 0 Å². The predicted molar refractivity (Wildman–Crippen MR) is 163 cm³/mol. The number of methoxy groups -OCH3 is 1. The van der Waals surface area contributed by atoms with E-state index in [1.807, 2.05) is 20.8 Å². The standard InChI is InChI=1S/C30H35Cl2N3O5S/c1-5-28(30(37)33-18-21(2)3)34(19-22-6-8-23(31)9-7-22)29(36)20-35(25-12-10-24(32)11-13-25)41(38,39)27-16-14-26(40-4)15-17-27/h6-17,21,28H,5,18-20H2,1-4H3,(H,33,37)/t28-/m0/s1. The highest BCUT2D eigenvalue weighted by Gasteiger charge is 2.33. The molecule has 0 unspecified atom stereocenters. The first-order valence-electron chi connectivity index (χ1n) is 13.2. The Morgan fingerprint density at radius 1 is 0.902 bits per heavy atom. The number of hydrogen-bond acceptors (Lipinski definition) is 5. The highest BCUT2D eigenvalue weighted by atomic mass is 35.5. The maximum Gasteiger partial charge on any atom is 0.264 e. The molecular formula is C30H35Cl2N3O5S. The minimum atomic E-state index is -4.20. The zero-order chi connectivity index (χ0) is 30.2. The van der Waals surface area contributed by atoms with Gasteiger partial charge in [-0.15, -0.1) is 0 Å². The number of rotatable bonds is 13. The summed E-state index contributed by atoms with van der Waals surface area (Å²) in [6, 6.07) is 18.2. The Kier molecular flexibility index (Phi) is 11.5. The van der Waals surface area contributed by atoms with Crippen LogP contribution in [0.3, 0.4) is 0 Å². The number of anilines is 1. The third-order valence-corrected chi connectivity index (χ3v) is 8.67. The number of nitrogens with one attached hydrogen (secondary N) is 1. The number of sulfonamides is 1. The van der Waals surface area contributed by atoms with Crippen LogP contribution in [0.1, 0.15) is 32.8 Å². The molecule has 0 heterocycles. The minimum absolute atomic E-state index is 0.0213. The summed E-state index contributed by atoms with van der Waals surface area (Å²) in [7, 11) is -2.72. The Hall–Kier alpha value is -3.27. The summed E-state index contributed by atoms with van der Waals surface area (Å²) in [5, 5.41) is 3.86. The molecule has 0 radical (unpaired) electrons. The average Bonchev–Trinajstić information content (AvgIpc) is 2.96. The Morgan fingerprint density at radius 2 is 1.46 bits per heavy atom. The van der Waals surface area contributed by atoms with Gasteiger partial charge in [0.25, 0.3) is 10.0 Å². The fourth-order valence-corrected chi connectivity index (χ4v) is 5.81. The molecule has 3 rings (SSSR count). The number of nitrogens with zero attached hydrogens (tertiary/aromatic N) is 2. The second kappa shape index (κ2) is 14.6. The first kappa shape index (κ1) is 32.2. The highest BCUT2D eigenvalue weighted by Crippen LogP contribution is 2.27. The van der Waals surface area contributed by atoms with Crippen LogP contribution in [0.25, 0.3) is 0 Å². The average molecular weight is 621 g/mol. The molecule has 0 saturated carbocycles. The Labute approximate surface area is 252 Å². The molecule has 0 aromatic heterocycles. The summed E-state index contributed by atoms with van der Waals surface area (Å²) in [5.74, 6) is -0.143. The van der Waals surface area contributed by atoms with Crippen LogP contribution in [-0.4, -0.2) is 51.4 Å². The maximum absolute atomic E-state index is 14.1. The molecule has 220 valence electrons. The lowest BCUT2D eigenvalue weighted by Crippen LogP contribution is -2.52. The van der Waals surface area contributed by atoms with Gasteiger partial charge in [-0.1, -0.05) is 56.1 Å². The van der Waals surface area contributed by atoms with Gasteiger partial charge >= 0.3 is 0 Å². The van der Waals surface area contributed by atoms with Crippen molar-refractivity contribution in [2.24, 2.45) is 5.92 Å². The van der Waals surface area contributed by atoms with E-state index in [9.17, 15) is 18.0 Å². The van der Waals surface area contributed by atoms with Crippen molar-refractivity contribution in [2.45, 2.75) is 44.7 Å².